The second-order valence-corrected chi connectivity index (χ2v) is 8.98. The molecule has 1 atom stereocenters. The summed E-state index contributed by atoms with van der Waals surface area (Å²) in [6.45, 7) is 3.34. The van der Waals surface area contributed by atoms with E-state index in [1.807, 2.05) is 0 Å². The average molecular weight is 490 g/mol. The monoisotopic (exact) mass is 489 g/mol. The number of hydrogen-bond acceptors (Lipinski definition) is 8. The van der Waals surface area contributed by atoms with Gasteiger partial charge in [0.2, 0.25) is 0 Å². The lowest BCUT2D eigenvalue weighted by Crippen LogP contribution is -2.37. The zero-order valence-electron chi connectivity index (χ0n) is 19.5. The predicted octanol–water partition coefficient (Wildman–Crippen LogP) is 1.78. The minimum atomic E-state index is -1.16. The number of thiophene rings is 1. The van der Waals surface area contributed by atoms with E-state index in [1.165, 1.54) is 49.2 Å². The van der Waals surface area contributed by atoms with Crippen LogP contribution in [0.1, 0.15) is 53.1 Å². The number of anilines is 1. The van der Waals surface area contributed by atoms with Gasteiger partial charge in [0.05, 0.1) is 17.7 Å². The van der Waals surface area contributed by atoms with Gasteiger partial charge in [-0.05, 0) is 51.2 Å². The number of nitrogens with zero attached hydrogens (tertiary/aromatic N) is 2. The van der Waals surface area contributed by atoms with Crippen LogP contribution in [0.4, 0.5) is 5.00 Å². The van der Waals surface area contributed by atoms with Gasteiger partial charge in [0.1, 0.15) is 5.00 Å². The zero-order valence-corrected chi connectivity index (χ0v) is 20.3. The highest BCUT2D eigenvalue weighted by atomic mass is 32.1. The van der Waals surface area contributed by atoms with Crippen LogP contribution in [0.5, 0.6) is 0 Å². The second-order valence-electron chi connectivity index (χ2n) is 7.88. The fourth-order valence-corrected chi connectivity index (χ4v) is 4.94. The van der Waals surface area contributed by atoms with Crippen molar-refractivity contribution in [2.75, 3.05) is 11.9 Å². The lowest BCUT2D eigenvalue weighted by molar-refractivity contribution is -0.148. The zero-order chi connectivity index (χ0) is 25.0. The molecule has 0 fully saturated rings. The third kappa shape index (κ3) is 5.36. The SMILES string of the molecule is CCOC(=O)c1c(NC(=O)C(C)OC(=O)/C=C/c2cn(C)c(=O)n(C)c2=O)sc2c1CCCC2. The first kappa shape index (κ1) is 25.2. The Morgan fingerprint density at radius 2 is 1.91 bits per heavy atom. The first-order chi connectivity index (χ1) is 16.1. The quantitative estimate of drug-likeness (QED) is 0.464. The Morgan fingerprint density at radius 3 is 2.62 bits per heavy atom. The van der Waals surface area contributed by atoms with E-state index in [2.05, 4.69) is 5.32 Å². The van der Waals surface area contributed by atoms with Gasteiger partial charge in [-0.2, -0.15) is 0 Å². The van der Waals surface area contributed by atoms with Crippen molar-refractivity contribution in [3.8, 4) is 0 Å². The van der Waals surface area contributed by atoms with Crippen LogP contribution in [0, 0.1) is 0 Å². The molecule has 0 saturated heterocycles. The Hall–Kier alpha value is -3.47. The molecule has 1 unspecified atom stereocenters. The smallest absolute Gasteiger partial charge is 0.341 e. The van der Waals surface area contributed by atoms with Crippen molar-refractivity contribution in [1.29, 1.82) is 0 Å². The largest absolute Gasteiger partial charge is 0.462 e. The minimum Gasteiger partial charge on any atom is -0.462 e. The van der Waals surface area contributed by atoms with E-state index in [9.17, 15) is 24.0 Å². The molecule has 1 N–H and O–H groups in total. The maximum Gasteiger partial charge on any atom is 0.341 e. The summed E-state index contributed by atoms with van der Waals surface area (Å²) < 4.78 is 12.5. The van der Waals surface area contributed by atoms with Crippen molar-refractivity contribution in [2.45, 2.75) is 45.6 Å². The fourth-order valence-electron chi connectivity index (χ4n) is 3.66. The standard InChI is InChI=1S/C23H27N3O7S/c1-5-32-22(30)18-15-8-6-7-9-16(15)34-20(18)24-19(28)13(2)33-17(27)11-10-14-12-25(3)23(31)26(4)21(14)29/h10-13H,5-9H2,1-4H3,(H,24,28)/b11-10+. The Bertz CT molecular complexity index is 1270. The van der Waals surface area contributed by atoms with Crippen molar-refractivity contribution in [3.63, 3.8) is 0 Å². The summed E-state index contributed by atoms with van der Waals surface area (Å²) in [5.41, 5.74) is 0.343. The number of nitrogens with one attached hydrogen (secondary N) is 1. The lowest BCUT2D eigenvalue weighted by Gasteiger charge is -2.13. The average Bonchev–Trinajstić information content (AvgIpc) is 3.17. The summed E-state index contributed by atoms with van der Waals surface area (Å²) in [4.78, 5) is 62.4. The molecule has 0 bridgehead atoms. The van der Waals surface area contributed by atoms with E-state index >= 15 is 0 Å². The molecule has 0 radical (unpaired) electrons. The highest BCUT2D eigenvalue weighted by Gasteiger charge is 2.28. The highest BCUT2D eigenvalue weighted by Crippen LogP contribution is 2.38. The number of carbonyl (C=O) groups excluding carboxylic acids is 3. The van der Waals surface area contributed by atoms with Gasteiger partial charge in [-0.15, -0.1) is 11.3 Å². The van der Waals surface area contributed by atoms with Crippen LogP contribution in [0.2, 0.25) is 0 Å². The summed E-state index contributed by atoms with van der Waals surface area (Å²) >= 11 is 1.34. The Balaban J connectivity index is 1.71. The molecule has 2 aromatic heterocycles. The van der Waals surface area contributed by atoms with Crippen LogP contribution in [0.25, 0.3) is 6.08 Å². The molecule has 1 amide bonds. The molecule has 0 spiro atoms. The van der Waals surface area contributed by atoms with Gasteiger partial charge in [-0.3, -0.25) is 14.2 Å². The topological polar surface area (TPSA) is 126 Å². The Morgan fingerprint density at radius 1 is 1.21 bits per heavy atom. The van der Waals surface area contributed by atoms with Crippen molar-refractivity contribution < 1.29 is 23.9 Å². The highest BCUT2D eigenvalue weighted by molar-refractivity contribution is 7.17. The second kappa shape index (κ2) is 10.6. The van der Waals surface area contributed by atoms with Gasteiger partial charge >= 0.3 is 17.6 Å². The Labute approximate surface area is 199 Å². The van der Waals surface area contributed by atoms with Gasteiger partial charge in [-0.1, -0.05) is 0 Å². The number of hydrogen-bond donors (Lipinski definition) is 1. The minimum absolute atomic E-state index is 0.113. The van der Waals surface area contributed by atoms with Gasteiger partial charge in [-0.25, -0.2) is 14.4 Å². The van der Waals surface area contributed by atoms with Gasteiger partial charge < -0.3 is 19.4 Å². The number of aryl methyl sites for hydroxylation is 2. The number of esters is 2. The molecule has 182 valence electrons. The number of carbonyl (C=O) groups is 3. The molecule has 10 nitrogen and oxygen atoms in total. The number of amides is 1. The molecule has 1 aliphatic carbocycles. The summed E-state index contributed by atoms with van der Waals surface area (Å²) in [6.07, 6.45) is 5.94. The molecule has 0 aliphatic heterocycles. The molecular formula is C23H27N3O7S. The summed E-state index contributed by atoms with van der Waals surface area (Å²) in [6, 6.07) is 0. The molecule has 0 saturated carbocycles. The first-order valence-electron chi connectivity index (χ1n) is 10.9. The molecular weight excluding hydrogens is 462 g/mol. The molecule has 3 rings (SSSR count). The summed E-state index contributed by atoms with van der Waals surface area (Å²) in [5, 5.41) is 3.09. The summed E-state index contributed by atoms with van der Waals surface area (Å²) in [5.74, 6) is -1.91. The third-order valence-corrected chi connectivity index (χ3v) is 6.63. The third-order valence-electron chi connectivity index (χ3n) is 5.42. The van der Waals surface area contributed by atoms with Gasteiger partial charge in [0, 0.05) is 31.2 Å². The van der Waals surface area contributed by atoms with Crippen LogP contribution < -0.4 is 16.6 Å². The summed E-state index contributed by atoms with van der Waals surface area (Å²) in [7, 11) is 2.82. The molecule has 1 aliphatic rings. The molecule has 0 aromatic carbocycles. The molecule has 2 aromatic rings. The Kier molecular flexibility index (Phi) is 7.87. The van der Waals surface area contributed by atoms with Gasteiger partial charge in [0.25, 0.3) is 11.5 Å². The van der Waals surface area contributed by atoms with Crippen molar-refractivity contribution in [1.82, 2.24) is 9.13 Å². The fraction of sp³-hybridized carbons (Fsp3) is 0.435. The molecule has 11 heteroatoms. The van der Waals surface area contributed by atoms with Crippen LogP contribution in [-0.4, -0.2) is 39.7 Å². The molecule has 34 heavy (non-hydrogen) atoms. The number of rotatable bonds is 7. The van der Waals surface area contributed by atoms with E-state index < -0.39 is 35.2 Å². The van der Waals surface area contributed by atoms with Gasteiger partial charge in [0.15, 0.2) is 6.10 Å². The van der Waals surface area contributed by atoms with E-state index in [0.29, 0.717) is 10.6 Å². The molecule has 2 heterocycles. The van der Waals surface area contributed by atoms with Crippen LogP contribution in [-0.2, 0) is 46.0 Å². The van der Waals surface area contributed by atoms with E-state index in [4.69, 9.17) is 9.47 Å². The van der Waals surface area contributed by atoms with E-state index in [1.54, 1.807) is 6.92 Å². The van der Waals surface area contributed by atoms with Crippen molar-refractivity contribution in [3.05, 3.63) is 54.7 Å². The maximum absolute atomic E-state index is 12.7. The van der Waals surface area contributed by atoms with Crippen LogP contribution >= 0.6 is 11.3 Å². The number of fused-ring (bicyclic) bond motifs is 1. The van der Waals surface area contributed by atoms with Crippen LogP contribution in [0.3, 0.4) is 0 Å². The van der Waals surface area contributed by atoms with Crippen molar-refractivity contribution >= 4 is 40.3 Å². The normalized spacial score (nSPS) is 13.9. The number of ether oxygens (including phenoxy) is 2. The predicted molar refractivity (Wildman–Crippen MR) is 127 cm³/mol. The number of aromatic nitrogens is 2. The van der Waals surface area contributed by atoms with Crippen molar-refractivity contribution in [2.24, 2.45) is 14.1 Å². The van der Waals surface area contributed by atoms with E-state index in [0.717, 1.165) is 46.8 Å². The first-order valence-corrected chi connectivity index (χ1v) is 11.7. The maximum atomic E-state index is 12.7. The lowest BCUT2D eigenvalue weighted by atomic mass is 9.95. The van der Waals surface area contributed by atoms with Crippen LogP contribution in [0.15, 0.2) is 21.9 Å². The van der Waals surface area contributed by atoms with E-state index in [-0.39, 0.29) is 12.2 Å².